The van der Waals surface area contributed by atoms with Crippen LogP contribution in [0.4, 0.5) is 26.3 Å². The van der Waals surface area contributed by atoms with Crippen molar-refractivity contribution in [3.05, 3.63) is 28.8 Å². The van der Waals surface area contributed by atoms with E-state index in [0.29, 0.717) is 0 Å². The summed E-state index contributed by atoms with van der Waals surface area (Å²) in [5.41, 5.74) is -4.26. The number of carbonyl (C=O) groups is 1. The first-order valence-corrected chi connectivity index (χ1v) is 5.04. The number of rotatable bonds is 2. The molecule has 0 bridgehead atoms. The molecule has 0 spiro atoms. The smallest absolute Gasteiger partial charge is 0.419 e. The van der Waals surface area contributed by atoms with Crippen LogP contribution < -0.4 is 0 Å². The van der Waals surface area contributed by atoms with E-state index in [4.69, 9.17) is 5.11 Å². The summed E-state index contributed by atoms with van der Waals surface area (Å²) >= 11 is 0. The number of phenols is 1. The number of carbonyl (C=O) groups excluding carboxylic acids is 1. The van der Waals surface area contributed by atoms with Crippen LogP contribution in [0.2, 0.25) is 0 Å². The number of phenolic OH excluding ortho intramolecular Hbond substituents is 1. The predicted molar refractivity (Wildman–Crippen MR) is 53.8 cm³/mol. The van der Waals surface area contributed by atoms with Gasteiger partial charge in [0, 0.05) is 0 Å². The average Bonchev–Trinajstić information content (AvgIpc) is 2.25. The van der Waals surface area contributed by atoms with E-state index in [9.17, 15) is 31.1 Å². The van der Waals surface area contributed by atoms with Crippen molar-refractivity contribution in [3.8, 4) is 5.75 Å². The second-order valence-corrected chi connectivity index (χ2v) is 3.77. The molecule has 3 nitrogen and oxygen atoms in total. The number of aromatic hydroxyl groups is 1. The third-order valence-corrected chi connectivity index (χ3v) is 2.39. The lowest BCUT2D eigenvalue weighted by Crippen LogP contribution is -2.16. The quantitative estimate of drug-likeness (QED) is 0.674. The molecule has 1 aromatic rings. The molecule has 0 amide bonds. The van der Waals surface area contributed by atoms with Gasteiger partial charge in [0.25, 0.3) is 0 Å². The lowest BCUT2D eigenvalue weighted by molar-refractivity contribution is -0.144. The Labute approximate surface area is 108 Å². The van der Waals surface area contributed by atoms with Crippen molar-refractivity contribution < 1.29 is 41.0 Å². The Bertz CT molecular complexity index is 518. The van der Waals surface area contributed by atoms with Crippen molar-refractivity contribution in [1.82, 2.24) is 0 Å². The number of methoxy groups -OCH3 is 1. The van der Waals surface area contributed by atoms with Crippen LogP contribution in [0.25, 0.3) is 0 Å². The molecule has 0 aliphatic rings. The highest BCUT2D eigenvalue weighted by Gasteiger charge is 2.40. The van der Waals surface area contributed by atoms with Crippen molar-refractivity contribution in [1.29, 1.82) is 0 Å². The van der Waals surface area contributed by atoms with Gasteiger partial charge in [0.2, 0.25) is 0 Å². The third kappa shape index (κ3) is 3.55. The average molecular weight is 302 g/mol. The van der Waals surface area contributed by atoms with Gasteiger partial charge in [-0.1, -0.05) is 0 Å². The van der Waals surface area contributed by atoms with E-state index < -0.39 is 47.2 Å². The molecular formula is C11H8F6O3. The fourth-order valence-corrected chi connectivity index (χ4v) is 1.50. The summed E-state index contributed by atoms with van der Waals surface area (Å²) in [6.45, 7) is 0. The zero-order chi connectivity index (χ0) is 15.7. The fourth-order valence-electron chi connectivity index (χ4n) is 1.50. The van der Waals surface area contributed by atoms with E-state index in [1.165, 1.54) is 0 Å². The van der Waals surface area contributed by atoms with E-state index >= 15 is 0 Å². The predicted octanol–water partition coefficient (Wildman–Crippen LogP) is 3.15. The molecule has 0 aliphatic carbocycles. The van der Waals surface area contributed by atoms with Crippen LogP contribution in [-0.4, -0.2) is 18.2 Å². The highest BCUT2D eigenvalue weighted by molar-refractivity contribution is 5.73. The first kappa shape index (κ1) is 16.1. The maximum absolute atomic E-state index is 12.7. The summed E-state index contributed by atoms with van der Waals surface area (Å²) in [4.78, 5) is 11.0. The summed E-state index contributed by atoms with van der Waals surface area (Å²) in [5.74, 6) is -2.46. The molecule has 0 saturated heterocycles. The Kier molecular flexibility index (Phi) is 4.21. The second kappa shape index (κ2) is 5.22. The van der Waals surface area contributed by atoms with E-state index in [2.05, 4.69) is 4.74 Å². The summed E-state index contributed by atoms with van der Waals surface area (Å²) in [7, 11) is 0.916. The Balaban J connectivity index is 3.45. The lowest BCUT2D eigenvalue weighted by Gasteiger charge is -2.16. The van der Waals surface area contributed by atoms with Crippen LogP contribution in [0.15, 0.2) is 12.1 Å². The molecule has 0 heterocycles. The molecule has 0 atom stereocenters. The Morgan fingerprint density at radius 1 is 1.10 bits per heavy atom. The highest BCUT2D eigenvalue weighted by atomic mass is 19.4. The van der Waals surface area contributed by atoms with E-state index in [-0.39, 0.29) is 12.1 Å². The normalized spacial score (nSPS) is 12.3. The number of hydrogen-bond acceptors (Lipinski definition) is 3. The number of hydrogen-bond donors (Lipinski definition) is 1. The van der Waals surface area contributed by atoms with Crippen molar-refractivity contribution >= 4 is 5.97 Å². The number of alkyl halides is 6. The van der Waals surface area contributed by atoms with Gasteiger partial charge in [-0.2, -0.15) is 26.3 Å². The maximum atomic E-state index is 12.7. The zero-order valence-corrected chi connectivity index (χ0v) is 9.89. The molecule has 0 fully saturated rings. The molecule has 1 aromatic carbocycles. The van der Waals surface area contributed by atoms with Crippen molar-refractivity contribution in [3.63, 3.8) is 0 Å². The van der Waals surface area contributed by atoms with Crippen LogP contribution in [0.5, 0.6) is 5.75 Å². The molecule has 20 heavy (non-hydrogen) atoms. The Hall–Kier alpha value is -1.93. The SMILES string of the molecule is COC(=O)Cc1cc(O)c(C(F)(F)F)cc1C(F)(F)F. The molecular weight excluding hydrogens is 294 g/mol. The first-order valence-electron chi connectivity index (χ1n) is 5.04. The Morgan fingerprint density at radius 3 is 2.00 bits per heavy atom. The van der Waals surface area contributed by atoms with Crippen LogP contribution in [0.1, 0.15) is 16.7 Å². The number of ether oxygens (including phenoxy) is 1. The van der Waals surface area contributed by atoms with Crippen molar-refractivity contribution in [2.45, 2.75) is 18.8 Å². The zero-order valence-electron chi connectivity index (χ0n) is 9.89. The molecule has 0 unspecified atom stereocenters. The van der Waals surface area contributed by atoms with Gasteiger partial charge < -0.3 is 9.84 Å². The molecule has 9 heteroatoms. The van der Waals surface area contributed by atoms with Gasteiger partial charge in [-0.05, 0) is 17.7 Å². The first-order chi connectivity index (χ1) is 8.96. The Morgan fingerprint density at radius 2 is 1.60 bits per heavy atom. The minimum Gasteiger partial charge on any atom is -0.507 e. The van der Waals surface area contributed by atoms with Gasteiger partial charge in [0.1, 0.15) is 5.75 Å². The van der Waals surface area contributed by atoms with Crippen LogP contribution >= 0.6 is 0 Å². The monoisotopic (exact) mass is 302 g/mol. The molecule has 112 valence electrons. The van der Waals surface area contributed by atoms with Gasteiger partial charge in [-0.25, -0.2) is 0 Å². The summed E-state index contributed by atoms with van der Waals surface area (Å²) in [6, 6.07) is 0.0379. The summed E-state index contributed by atoms with van der Waals surface area (Å²) < 4.78 is 79.6. The van der Waals surface area contributed by atoms with E-state index in [1.807, 2.05) is 0 Å². The highest BCUT2D eigenvalue weighted by Crippen LogP contribution is 2.41. The molecule has 1 N–H and O–H groups in total. The molecule has 0 aliphatic heterocycles. The standard InChI is InChI=1S/C11H8F6O3/c1-20-9(19)3-5-2-8(18)7(11(15,16)17)4-6(5)10(12,13)14/h2,4,18H,3H2,1H3. The molecule has 0 saturated carbocycles. The second-order valence-electron chi connectivity index (χ2n) is 3.77. The van der Waals surface area contributed by atoms with Crippen LogP contribution in [-0.2, 0) is 28.3 Å². The summed E-state index contributed by atoms with van der Waals surface area (Å²) in [5, 5.41) is 9.16. The van der Waals surface area contributed by atoms with Crippen LogP contribution in [0, 0.1) is 0 Å². The van der Waals surface area contributed by atoms with Crippen molar-refractivity contribution in [2.24, 2.45) is 0 Å². The molecule has 1 rings (SSSR count). The van der Waals surface area contributed by atoms with Gasteiger partial charge >= 0.3 is 18.3 Å². The van der Waals surface area contributed by atoms with Gasteiger partial charge in [-0.3, -0.25) is 4.79 Å². The van der Waals surface area contributed by atoms with Crippen molar-refractivity contribution in [2.75, 3.05) is 7.11 Å². The fraction of sp³-hybridized carbons (Fsp3) is 0.364. The maximum Gasteiger partial charge on any atom is 0.419 e. The topological polar surface area (TPSA) is 46.5 Å². The van der Waals surface area contributed by atoms with Crippen LogP contribution in [0.3, 0.4) is 0 Å². The van der Waals surface area contributed by atoms with Gasteiger partial charge in [0.15, 0.2) is 0 Å². The number of esters is 1. The minimum absolute atomic E-state index is 0.229. The minimum atomic E-state index is -5.14. The van der Waals surface area contributed by atoms with E-state index in [0.717, 1.165) is 7.11 Å². The molecule has 0 aromatic heterocycles. The van der Waals surface area contributed by atoms with Gasteiger partial charge in [-0.15, -0.1) is 0 Å². The lowest BCUT2D eigenvalue weighted by atomic mass is 9.99. The largest absolute Gasteiger partial charge is 0.507 e. The van der Waals surface area contributed by atoms with Gasteiger partial charge in [0.05, 0.1) is 24.7 Å². The summed E-state index contributed by atoms with van der Waals surface area (Å²) in [6.07, 6.45) is -11.2. The van der Waals surface area contributed by atoms with E-state index in [1.54, 1.807) is 0 Å². The number of benzene rings is 1. The molecule has 0 radical (unpaired) electrons. The third-order valence-electron chi connectivity index (χ3n) is 2.39. The number of halogens is 6.